The van der Waals surface area contributed by atoms with Crippen LogP contribution in [-0.2, 0) is 16.1 Å². The second-order valence-electron chi connectivity index (χ2n) is 8.02. The Morgan fingerprint density at radius 1 is 1.25 bits per heavy atom. The van der Waals surface area contributed by atoms with Crippen molar-refractivity contribution in [2.24, 2.45) is 5.92 Å². The summed E-state index contributed by atoms with van der Waals surface area (Å²) in [6, 6.07) is 13.3. The van der Waals surface area contributed by atoms with Crippen LogP contribution in [0.15, 0.2) is 36.4 Å². The minimum absolute atomic E-state index is 0.128. The van der Waals surface area contributed by atoms with E-state index in [1.165, 1.54) is 16.3 Å². The third-order valence-corrected chi connectivity index (χ3v) is 5.84. The molecule has 4 rings (SSSR count). The molecule has 0 spiro atoms. The average molecular weight is 382 g/mol. The number of piperidine rings is 1. The van der Waals surface area contributed by atoms with Gasteiger partial charge in [-0.15, -0.1) is 0 Å². The van der Waals surface area contributed by atoms with Gasteiger partial charge in [0.25, 0.3) is 0 Å². The first-order chi connectivity index (χ1) is 13.8. The van der Waals surface area contributed by atoms with Crippen LogP contribution in [0.4, 0.5) is 5.69 Å². The van der Waals surface area contributed by atoms with Gasteiger partial charge in [-0.1, -0.05) is 24.3 Å². The molecular formula is C23H31N3O2. The number of nitrogens with one attached hydrogen (secondary N) is 2. The van der Waals surface area contributed by atoms with Crippen LogP contribution in [0.25, 0.3) is 10.8 Å². The van der Waals surface area contributed by atoms with Gasteiger partial charge >= 0.3 is 0 Å². The zero-order valence-corrected chi connectivity index (χ0v) is 16.7. The van der Waals surface area contributed by atoms with Gasteiger partial charge in [-0.25, -0.2) is 0 Å². The fourth-order valence-corrected chi connectivity index (χ4v) is 4.17. The van der Waals surface area contributed by atoms with Crippen molar-refractivity contribution in [1.82, 2.24) is 10.2 Å². The van der Waals surface area contributed by atoms with Crippen molar-refractivity contribution in [3.8, 4) is 0 Å². The third kappa shape index (κ3) is 4.47. The number of methoxy groups -OCH3 is 1. The van der Waals surface area contributed by atoms with Gasteiger partial charge in [0.05, 0.1) is 12.5 Å². The van der Waals surface area contributed by atoms with E-state index in [0.717, 1.165) is 51.0 Å². The molecule has 2 aliphatic rings. The highest BCUT2D eigenvalue weighted by molar-refractivity contribution is 5.89. The maximum atomic E-state index is 13.3. The Hall–Kier alpha value is -2.11. The molecule has 0 radical (unpaired) electrons. The highest BCUT2D eigenvalue weighted by atomic mass is 16.5. The number of ether oxygens (including phenoxy) is 1. The zero-order chi connectivity index (χ0) is 19.3. The van der Waals surface area contributed by atoms with Gasteiger partial charge in [0, 0.05) is 38.5 Å². The van der Waals surface area contributed by atoms with Crippen molar-refractivity contribution in [1.29, 1.82) is 0 Å². The van der Waals surface area contributed by atoms with Gasteiger partial charge in [0.15, 0.2) is 0 Å². The molecule has 0 aromatic heterocycles. The molecule has 1 amide bonds. The minimum Gasteiger partial charge on any atom is -0.383 e. The molecule has 1 aliphatic heterocycles. The molecule has 0 bridgehead atoms. The van der Waals surface area contributed by atoms with E-state index in [4.69, 9.17) is 4.74 Å². The van der Waals surface area contributed by atoms with Crippen molar-refractivity contribution >= 4 is 22.4 Å². The van der Waals surface area contributed by atoms with Crippen LogP contribution >= 0.6 is 0 Å². The monoisotopic (exact) mass is 381 g/mol. The maximum Gasteiger partial charge on any atom is 0.227 e. The van der Waals surface area contributed by atoms with Crippen molar-refractivity contribution in [3.63, 3.8) is 0 Å². The van der Waals surface area contributed by atoms with Crippen molar-refractivity contribution in [3.05, 3.63) is 42.0 Å². The quantitative estimate of drug-likeness (QED) is 0.688. The molecule has 2 aromatic rings. The second kappa shape index (κ2) is 8.93. The molecule has 1 atom stereocenters. The maximum absolute atomic E-state index is 13.3. The van der Waals surface area contributed by atoms with Crippen molar-refractivity contribution in [2.75, 3.05) is 38.7 Å². The number of amides is 1. The molecule has 1 saturated heterocycles. The summed E-state index contributed by atoms with van der Waals surface area (Å²) < 4.78 is 5.16. The third-order valence-electron chi connectivity index (χ3n) is 5.84. The highest BCUT2D eigenvalue weighted by Gasteiger charge is 2.36. The Morgan fingerprint density at radius 2 is 2.11 bits per heavy atom. The van der Waals surface area contributed by atoms with Gasteiger partial charge in [0.1, 0.15) is 0 Å². The van der Waals surface area contributed by atoms with Crippen LogP contribution in [0.2, 0.25) is 0 Å². The number of carbonyl (C=O) groups excluding carboxylic acids is 1. The Kier molecular flexibility index (Phi) is 6.13. The summed E-state index contributed by atoms with van der Waals surface area (Å²) in [6.45, 7) is 3.99. The summed E-state index contributed by atoms with van der Waals surface area (Å²) in [7, 11) is 1.72. The van der Waals surface area contributed by atoms with E-state index in [-0.39, 0.29) is 5.92 Å². The molecule has 150 valence electrons. The van der Waals surface area contributed by atoms with Crippen molar-refractivity contribution < 1.29 is 9.53 Å². The predicted octanol–water partition coefficient (Wildman–Crippen LogP) is 3.39. The van der Waals surface area contributed by atoms with Gasteiger partial charge in [-0.05, 0) is 60.7 Å². The molecular weight excluding hydrogens is 350 g/mol. The number of anilines is 1. The molecule has 2 fully saturated rings. The van der Waals surface area contributed by atoms with E-state index >= 15 is 0 Å². The smallest absolute Gasteiger partial charge is 0.227 e. The predicted molar refractivity (Wildman–Crippen MR) is 113 cm³/mol. The fraction of sp³-hybridized carbons (Fsp3) is 0.522. The fourth-order valence-electron chi connectivity index (χ4n) is 4.17. The van der Waals surface area contributed by atoms with E-state index in [1.54, 1.807) is 7.11 Å². The van der Waals surface area contributed by atoms with Crippen LogP contribution in [0, 0.1) is 5.92 Å². The lowest BCUT2D eigenvalue weighted by Gasteiger charge is -2.30. The standard InChI is InChI=1S/C23H31N3O2/c1-28-12-11-25-20-13-17-5-2-3-7-22(17)19(14-20)16-26(21-8-9-21)23(27)18-6-4-10-24-15-18/h2-3,5,7,13-14,18,21,24-25H,4,6,8-12,15-16H2,1H3/t18-/m1/s1. The zero-order valence-electron chi connectivity index (χ0n) is 16.7. The minimum atomic E-state index is 0.128. The molecule has 2 aromatic carbocycles. The SMILES string of the molecule is COCCNc1cc(CN(C(=O)[C@@H]2CCCNC2)C2CC2)c2ccccc2c1. The van der Waals surface area contributed by atoms with Crippen LogP contribution in [0.1, 0.15) is 31.2 Å². The van der Waals surface area contributed by atoms with E-state index in [2.05, 4.69) is 51.9 Å². The Balaban J connectivity index is 1.59. The molecule has 1 heterocycles. The second-order valence-corrected chi connectivity index (χ2v) is 8.02. The molecule has 1 saturated carbocycles. The van der Waals surface area contributed by atoms with Gasteiger partial charge < -0.3 is 20.3 Å². The summed E-state index contributed by atoms with van der Waals surface area (Å²) in [5.41, 5.74) is 2.32. The Morgan fingerprint density at radius 3 is 2.86 bits per heavy atom. The largest absolute Gasteiger partial charge is 0.383 e. The van der Waals surface area contributed by atoms with E-state index in [9.17, 15) is 4.79 Å². The number of hydrogen-bond donors (Lipinski definition) is 2. The van der Waals surface area contributed by atoms with Gasteiger partial charge in [0.2, 0.25) is 5.91 Å². The topological polar surface area (TPSA) is 53.6 Å². The van der Waals surface area contributed by atoms with Crippen LogP contribution in [0.3, 0.4) is 0 Å². The van der Waals surface area contributed by atoms with Crippen LogP contribution in [-0.4, -0.2) is 50.2 Å². The van der Waals surface area contributed by atoms with E-state index < -0.39 is 0 Å². The van der Waals surface area contributed by atoms with E-state index in [1.807, 2.05) is 0 Å². The summed E-state index contributed by atoms with van der Waals surface area (Å²) in [5, 5.41) is 9.29. The average Bonchev–Trinajstić information content (AvgIpc) is 3.57. The summed E-state index contributed by atoms with van der Waals surface area (Å²) in [6.07, 6.45) is 4.37. The first-order valence-corrected chi connectivity index (χ1v) is 10.5. The number of hydrogen-bond acceptors (Lipinski definition) is 4. The number of benzene rings is 2. The van der Waals surface area contributed by atoms with Crippen molar-refractivity contribution in [2.45, 2.75) is 38.3 Å². The normalized spacial score (nSPS) is 19.5. The lowest BCUT2D eigenvalue weighted by molar-refractivity contribution is -0.137. The van der Waals surface area contributed by atoms with Gasteiger partial charge in [-0.2, -0.15) is 0 Å². The number of fused-ring (bicyclic) bond motifs is 1. The first-order valence-electron chi connectivity index (χ1n) is 10.5. The summed E-state index contributed by atoms with van der Waals surface area (Å²) in [4.78, 5) is 15.4. The lowest BCUT2D eigenvalue weighted by atomic mass is 9.97. The summed E-state index contributed by atoms with van der Waals surface area (Å²) in [5.74, 6) is 0.458. The Labute approximate surface area is 167 Å². The number of rotatable bonds is 8. The number of nitrogens with zero attached hydrogens (tertiary/aromatic N) is 1. The summed E-state index contributed by atoms with van der Waals surface area (Å²) >= 11 is 0. The molecule has 28 heavy (non-hydrogen) atoms. The molecule has 5 nitrogen and oxygen atoms in total. The lowest BCUT2D eigenvalue weighted by Crippen LogP contribution is -2.43. The molecule has 5 heteroatoms. The first kappa shape index (κ1) is 19.2. The van der Waals surface area contributed by atoms with Gasteiger partial charge in [-0.3, -0.25) is 4.79 Å². The molecule has 2 N–H and O–H groups in total. The van der Waals surface area contributed by atoms with E-state index in [0.29, 0.717) is 25.1 Å². The molecule has 0 unspecified atom stereocenters. The highest BCUT2D eigenvalue weighted by Crippen LogP contribution is 2.33. The Bertz CT molecular complexity index is 813. The number of carbonyl (C=O) groups is 1. The molecule has 1 aliphatic carbocycles. The van der Waals surface area contributed by atoms with Crippen LogP contribution < -0.4 is 10.6 Å². The van der Waals surface area contributed by atoms with Crippen LogP contribution in [0.5, 0.6) is 0 Å².